The molecule has 0 radical (unpaired) electrons. The molecular formula is C26H30F4N4O2. The van der Waals surface area contributed by atoms with Gasteiger partial charge in [-0.1, -0.05) is 6.07 Å². The summed E-state index contributed by atoms with van der Waals surface area (Å²) in [6.45, 7) is 3.10. The van der Waals surface area contributed by atoms with Gasteiger partial charge in [0.2, 0.25) is 0 Å². The molecule has 0 spiro atoms. The van der Waals surface area contributed by atoms with Gasteiger partial charge in [0.05, 0.1) is 38.1 Å². The van der Waals surface area contributed by atoms with Crippen molar-refractivity contribution in [3.05, 3.63) is 53.2 Å². The Morgan fingerprint density at radius 1 is 1.14 bits per heavy atom. The number of hydrogen-bond donors (Lipinski definition) is 1. The molecular weight excluding hydrogens is 476 g/mol. The molecule has 2 aliphatic heterocycles. The second kappa shape index (κ2) is 9.89. The third kappa shape index (κ3) is 4.88. The number of nitrogens with zero attached hydrogens (tertiary/aromatic N) is 3. The van der Waals surface area contributed by atoms with Crippen molar-refractivity contribution in [1.82, 2.24) is 20.0 Å². The van der Waals surface area contributed by atoms with Gasteiger partial charge in [-0.25, -0.2) is 0 Å². The molecule has 2 atom stereocenters. The lowest BCUT2D eigenvalue weighted by atomic mass is 9.83. The molecule has 0 unspecified atom stereocenters. The van der Waals surface area contributed by atoms with Crippen LogP contribution in [0.5, 0.6) is 11.5 Å². The summed E-state index contributed by atoms with van der Waals surface area (Å²) in [5.74, 6) is 1.17. The number of rotatable bonds is 8. The number of ether oxygens (including phenoxy) is 2. The Morgan fingerprint density at radius 2 is 1.92 bits per heavy atom. The molecule has 0 amide bonds. The molecule has 194 valence electrons. The zero-order valence-corrected chi connectivity index (χ0v) is 20.3. The highest BCUT2D eigenvalue weighted by molar-refractivity contribution is 5.83. The van der Waals surface area contributed by atoms with E-state index in [4.69, 9.17) is 9.47 Å². The van der Waals surface area contributed by atoms with E-state index < -0.39 is 18.8 Å². The van der Waals surface area contributed by atoms with Crippen molar-refractivity contribution < 1.29 is 27.0 Å². The molecule has 1 fully saturated rings. The predicted molar refractivity (Wildman–Crippen MR) is 128 cm³/mol. The molecule has 6 nitrogen and oxygen atoms in total. The van der Waals surface area contributed by atoms with E-state index in [9.17, 15) is 17.6 Å². The Balaban J connectivity index is 1.45. The molecule has 2 aliphatic rings. The quantitative estimate of drug-likeness (QED) is 0.447. The second-order valence-corrected chi connectivity index (χ2v) is 9.74. The average Bonchev–Trinajstić information content (AvgIpc) is 3.30. The number of methoxy groups -OCH3 is 1. The first-order valence-corrected chi connectivity index (χ1v) is 12.1. The highest BCUT2D eigenvalue weighted by Crippen LogP contribution is 2.45. The molecule has 0 bridgehead atoms. The lowest BCUT2D eigenvalue weighted by Gasteiger charge is -2.43. The number of aromatic amines is 1. The number of nitrogens with one attached hydrogen (secondary N) is 1. The number of benzene rings is 2. The van der Waals surface area contributed by atoms with Gasteiger partial charge in [0.1, 0.15) is 18.1 Å². The maximum Gasteiger partial charge on any atom is 0.401 e. The Bertz CT molecular complexity index is 1210. The monoisotopic (exact) mass is 506 g/mol. The lowest BCUT2D eigenvalue weighted by molar-refractivity contribution is -0.155. The smallest absolute Gasteiger partial charge is 0.401 e. The summed E-state index contributed by atoms with van der Waals surface area (Å²) in [4.78, 5) is 3.62. The number of hydrogen-bond acceptors (Lipinski definition) is 5. The van der Waals surface area contributed by atoms with E-state index in [2.05, 4.69) is 15.1 Å². The number of H-pyrrole nitrogens is 1. The number of fused-ring (bicyclic) bond motifs is 3. The summed E-state index contributed by atoms with van der Waals surface area (Å²) in [7, 11) is 1.51. The van der Waals surface area contributed by atoms with E-state index in [0.29, 0.717) is 36.6 Å². The summed E-state index contributed by atoms with van der Waals surface area (Å²) >= 11 is 0. The first-order chi connectivity index (χ1) is 17.3. The fourth-order valence-electron chi connectivity index (χ4n) is 5.48. The van der Waals surface area contributed by atoms with Crippen molar-refractivity contribution in [2.75, 3.05) is 46.6 Å². The zero-order valence-electron chi connectivity index (χ0n) is 20.3. The number of alkyl halides is 4. The number of likely N-dealkylation sites (tertiary alicyclic amines) is 1. The molecule has 1 saturated heterocycles. The first-order valence-electron chi connectivity index (χ1n) is 12.1. The highest BCUT2D eigenvalue weighted by atomic mass is 19.4. The van der Waals surface area contributed by atoms with Gasteiger partial charge in [0.15, 0.2) is 0 Å². The van der Waals surface area contributed by atoms with Crippen LogP contribution >= 0.6 is 0 Å². The molecule has 3 heterocycles. The zero-order chi connectivity index (χ0) is 25.4. The second-order valence-electron chi connectivity index (χ2n) is 9.74. The molecule has 0 aliphatic carbocycles. The van der Waals surface area contributed by atoms with Crippen LogP contribution in [0.1, 0.15) is 29.7 Å². The van der Waals surface area contributed by atoms with E-state index in [-0.39, 0.29) is 18.6 Å². The Labute approximate surface area is 207 Å². The fourth-order valence-corrected chi connectivity index (χ4v) is 5.48. The van der Waals surface area contributed by atoms with Crippen molar-refractivity contribution in [1.29, 1.82) is 0 Å². The molecule has 3 aromatic rings. The van der Waals surface area contributed by atoms with Crippen LogP contribution in [0.25, 0.3) is 10.9 Å². The molecule has 5 rings (SSSR count). The molecule has 0 saturated carbocycles. The number of aromatic nitrogens is 2. The van der Waals surface area contributed by atoms with Gasteiger partial charge in [-0.15, -0.1) is 0 Å². The minimum atomic E-state index is -4.35. The first kappa shape index (κ1) is 24.8. The maximum absolute atomic E-state index is 13.7. The molecule has 2 aromatic carbocycles. The van der Waals surface area contributed by atoms with E-state index in [1.807, 2.05) is 19.1 Å². The minimum absolute atomic E-state index is 0.119. The summed E-state index contributed by atoms with van der Waals surface area (Å²) < 4.78 is 65.2. The van der Waals surface area contributed by atoms with Gasteiger partial charge in [0, 0.05) is 48.6 Å². The van der Waals surface area contributed by atoms with E-state index in [0.717, 1.165) is 35.1 Å². The Kier molecular flexibility index (Phi) is 6.82. The SMILES string of the molecule is COc1cc(OCCN2CC(CF)C2)ccc1[C@@H]1c2ccc3[nH]ncc3c2C[C@@H](C)N1CC(F)(F)F. The van der Waals surface area contributed by atoms with Crippen LogP contribution in [0, 0.1) is 5.92 Å². The van der Waals surface area contributed by atoms with E-state index in [1.165, 1.54) is 12.0 Å². The molecule has 1 N–H and O–H groups in total. The van der Waals surface area contributed by atoms with Crippen molar-refractivity contribution in [2.45, 2.75) is 31.6 Å². The van der Waals surface area contributed by atoms with Gasteiger partial charge >= 0.3 is 6.18 Å². The molecule has 1 aromatic heterocycles. The van der Waals surface area contributed by atoms with Crippen LogP contribution in [0.15, 0.2) is 36.5 Å². The predicted octanol–water partition coefficient (Wildman–Crippen LogP) is 4.75. The van der Waals surface area contributed by atoms with Crippen LogP contribution in [-0.2, 0) is 6.42 Å². The number of halogens is 4. The van der Waals surface area contributed by atoms with Gasteiger partial charge < -0.3 is 9.47 Å². The largest absolute Gasteiger partial charge is 0.496 e. The van der Waals surface area contributed by atoms with Crippen LogP contribution in [0.3, 0.4) is 0 Å². The van der Waals surface area contributed by atoms with E-state index >= 15 is 0 Å². The van der Waals surface area contributed by atoms with Crippen LogP contribution < -0.4 is 9.47 Å². The topological polar surface area (TPSA) is 53.6 Å². The standard InChI is InChI=1S/C26H30F4N4O2/c1-16-9-21-19(5-6-23-22(21)12-31-32-23)25(34(16)15-26(28,29)30)20-4-3-18(10-24(20)35-2)36-8-7-33-13-17(11-27)14-33/h3-6,10,12,16-17,25H,7-9,11,13-15H2,1-2H3,(H,31,32)/t16-,25+/m1/s1. The van der Waals surface area contributed by atoms with Crippen molar-refractivity contribution >= 4 is 10.9 Å². The lowest BCUT2D eigenvalue weighted by Crippen LogP contribution is -2.49. The van der Waals surface area contributed by atoms with E-state index in [1.54, 1.807) is 24.4 Å². The van der Waals surface area contributed by atoms with Gasteiger partial charge in [-0.3, -0.25) is 19.3 Å². The summed E-state index contributed by atoms with van der Waals surface area (Å²) in [6.07, 6.45) is -2.13. The van der Waals surface area contributed by atoms with Crippen LogP contribution in [0.4, 0.5) is 17.6 Å². The summed E-state index contributed by atoms with van der Waals surface area (Å²) in [5, 5.41) is 8.01. The van der Waals surface area contributed by atoms with Crippen molar-refractivity contribution in [2.24, 2.45) is 5.92 Å². The summed E-state index contributed by atoms with van der Waals surface area (Å²) in [5.41, 5.74) is 3.33. The Morgan fingerprint density at radius 3 is 2.64 bits per heavy atom. The van der Waals surface area contributed by atoms with Crippen molar-refractivity contribution in [3.63, 3.8) is 0 Å². The average molecular weight is 507 g/mol. The van der Waals surface area contributed by atoms with Crippen LogP contribution in [-0.4, -0.2) is 78.8 Å². The maximum atomic E-state index is 13.7. The third-order valence-electron chi connectivity index (χ3n) is 7.25. The molecule has 10 heteroatoms. The normalized spacial score (nSPS) is 21.4. The minimum Gasteiger partial charge on any atom is -0.496 e. The fraction of sp³-hybridized carbons (Fsp3) is 0.500. The Hall–Kier alpha value is -2.85. The van der Waals surface area contributed by atoms with Gasteiger partial charge in [-0.2, -0.15) is 18.3 Å². The third-order valence-corrected chi connectivity index (χ3v) is 7.25. The van der Waals surface area contributed by atoms with Gasteiger partial charge in [-0.05, 0) is 42.7 Å². The molecule has 36 heavy (non-hydrogen) atoms. The van der Waals surface area contributed by atoms with Crippen molar-refractivity contribution in [3.8, 4) is 11.5 Å². The van der Waals surface area contributed by atoms with Crippen LogP contribution in [0.2, 0.25) is 0 Å². The summed E-state index contributed by atoms with van der Waals surface area (Å²) in [6, 6.07) is 8.06. The highest BCUT2D eigenvalue weighted by Gasteiger charge is 2.42. The van der Waals surface area contributed by atoms with Gasteiger partial charge in [0.25, 0.3) is 0 Å².